The number of hydrogen-bond donors (Lipinski definition) is 1. The molecule has 0 radical (unpaired) electrons. The summed E-state index contributed by atoms with van der Waals surface area (Å²) in [6, 6.07) is 14.5. The average molecular weight is 436 g/mol. The Bertz CT molecular complexity index is 1240. The Hall–Kier alpha value is -4.01. The van der Waals surface area contributed by atoms with Gasteiger partial charge in [-0.25, -0.2) is 9.59 Å². The number of rotatable bonds is 6. The number of benzene rings is 2. The lowest BCUT2D eigenvalue weighted by molar-refractivity contribution is -0.139. The molecule has 3 heterocycles. The molecule has 5 rings (SSSR count). The van der Waals surface area contributed by atoms with Crippen molar-refractivity contribution in [1.29, 1.82) is 0 Å². The van der Waals surface area contributed by atoms with E-state index in [0.717, 1.165) is 11.1 Å². The van der Waals surface area contributed by atoms with E-state index in [-0.39, 0.29) is 24.3 Å². The number of aromatic nitrogens is 2. The third-order valence-corrected chi connectivity index (χ3v) is 5.29. The zero-order valence-electron chi connectivity index (χ0n) is 17.0. The fourth-order valence-electron chi connectivity index (χ4n) is 3.82. The highest BCUT2D eigenvalue weighted by Gasteiger charge is 2.23. The lowest BCUT2D eigenvalue weighted by atomic mass is 9.97. The van der Waals surface area contributed by atoms with Gasteiger partial charge >= 0.3 is 11.7 Å². The highest BCUT2D eigenvalue weighted by atomic mass is 16.6. The van der Waals surface area contributed by atoms with Crippen molar-refractivity contribution in [2.75, 3.05) is 19.8 Å². The SMILES string of the molecule is O=C(O)COc1ccc2c(c1)CCn1c-2cc(OCC2COc3ccccc3O2)nc1=O. The predicted octanol–water partition coefficient (Wildman–Crippen LogP) is 2.15. The molecule has 32 heavy (non-hydrogen) atoms. The van der Waals surface area contributed by atoms with E-state index >= 15 is 0 Å². The molecule has 9 nitrogen and oxygen atoms in total. The Morgan fingerprint density at radius 2 is 2.00 bits per heavy atom. The molecule has 1 atom stereocenters. The Morgan fingerprint density at radius 1 is 1.16 bits per heavy atom. The molecule has 164 valence electrons. The standard InChI is InChI=1S/C23H20N2O7/c26-22(27)13-29-15-5-6-17-14(9-15)7-8-25-18(17)10-21(24-23(25)28)31-12-16-11-30-19-3-1-2-4-20(19)32-16/h1-6,9-10,16H,7-8,11-13H2,(H,26,27). The topological polar surface area (TPSA) is 109 Å². The zero-order chi connectivity index (χ0) is 22.1. The first-order chi connectivity index (χ1) is 15.6. The molecule has 0 saturated carbocycles. The van der Waals surface area contributed by atoms with Gasteiger partial charge in [-0.1, -0.05) is 12.1 Å². The van der Waals surface area contributed by atoms with E-state index in [1.807, 2.05) is 30.3 Å². The highest BCUT2D eigenvalue weighted by Crippen LogP contribution is 2.33. The van der Waals surface area contributed by atoms with Crippen molar-refractivity contribution in [3.63, 3.8) is 0 Å². The maximum Gasteiger partial charge on any atom is 0.351 e. The summed E-state index contributed by atoms with van der Waals surface area (Å²) in [6.45, 7) is 0.573. The van der Waals surface area contributed by atoms with Gasteiger partial charge in [0.05, 0.1) is 5.69 Å². The van der Waals surface area contributed by atoms with Gasteiger partial charge in [-0.2, -0.15) is 4.98 Å². The van der Waals surface area contributed by atoms with Gasteiger partial charge in [0.25, 0.3) is 0 Å². The summed E-state index contributed by atoms with van der Waals surface area (Å²) < 4.78 is 24.2. The third kappa shape index (κ3) is 3.96. The summed E-state index contributed by atoms with van der Waals surface area (Å²) in [5, 5.41) is 8.80. The molecule has 1 N–H and O–H groups in total. The third-order valence-electron chi connectivity index (χ3n) is 5.29. The van der Waals surface area contributed by atoms with Crippen LogP contribution in [0.25, 0.3) is 11.3 Å². The van der Waals surface area contributed by atoms with E-state index in [1.54, 1.807) is 22.8 Å². The van der Waals surface area contributed by atoms with Gasteiger partial charge in [0, 0.05) is 18.2 Å². The molecular weight excluding hydrogens is 416 g/mol. The van der Waals surface area contributed by atoms with E-state index in [4.69, 9.17) is 24.1 Å². The number of fused-ring (bicyclic) bond motifs is 4. The number of carboxylic acid groups (broad SMARTS) is 1. The molecule has 0 saturated heterocycles. The molecule has 3 aromatic rings. The number of carbonyl (C=O) groups is 1. The van der Waals surface area contributed by atoms with Gasteiger partial charge in [0.15, 0.2) is 24.2 Å². The van der Waals surface area contributed by atoms with Crippen LogP contribution in [0.5, 0.6) is 23.1 Å². The number of para-hydroxylation sites is 2. The Kier molecular flexibility index (Phi) is 5.14. The molecule has 9 heteroatoms. The van der Waals surface area contributed by atoms with Crippen molar-refractivity contribution < 1.29 is 28.8 Å². The predicted molar refractivity (Wildman–Crippen MR) is 113 cm³/mol. The second kappa shape index (κ2) is 8.26. The van der Waals surface area contributed by atoms with Crippen molar-refractivity contribution in [2.24, 2.45) is 0 Å². The quantitative estimate of drug-likeness (QED) is 0.626. The molecule has 2 aromatic carbocycles. The van der Waals surface area contributed by atoms with Crippen LogP contribution in [0.1, 0.15) is 5.56 Å². The van der Waals surface area contributed by atoms with E-state index in [2.05, 4.69) is 4.98 Å². The highest BCUT2D eigenvalue weighted by molar-refractivity contribution is 5.69. The lowest BCUT2D eigenvalue weighted by Gasteiger charge is -2.26. The van der Waals surface area contributed by atoms with Gasteiger partial charge in [-0.05, 0) is 42.3 Å². The molecule has 2 aliphatic rings. The smallest absolute Gasteiger partial charge is 0.351 e. The molecule has 0 fully saturated rings. The maximum atomic E-state index is 12.6. The normalized spacial score (nSPS) is 15.9. The van der Waals surface area contributed by atoms with Crippen LogP contribution in [0.4, 0.5) is 0 Å². The Morgan fingerprint density at radius 3 is 2.84 bits per heavy atom. The summed E-state index contributed by atoms with van der Waals surface area (Å²) in [5.41, 5.74) is 2.12. The van der Waals surface area contributed by atoms with Gasteiger partial charge in [-0.15, -0.1) is 0 Å². The molecule has 2 aliphatic heterocycles. The summed E-state index contributed by atoms with van der Waals surface area (Å²) >= 11 is 0. The molecule has 0 spiro atoms. The minimum Gasteiger partial charge on any atom is -0.486 e. The Labute approximate surface area is 182 Å². The molecule has 1 aromatic heterocycles. The van der Waals surface area contributed by atoms with Crippen molar-refractivity contribution in [1.82, 2.24) is 9.55 Å². The van der Waals surface area contributed by atoms with E-state index in [0.29, 0.717) is 42.5 Å². The van der Waals surface area contributed by atoms with Crippen molar-refractivity contribution >= 4 is 5.97 Å². The van der Waals surface area contributed by atoms with Crippen molar-refractivity contribution in [2.45, 2.75) is 19.1 Å². The fourth-order valence-corrected chi connectivity index (χ4v) is 3.82. The van der Waals surface area contributed by atoms with Crippen LogP contribution in [0.3, 0.4) is 0 Å². The number of carboxylic acids is 1. The van der Waals surface area contributed by atoms with Crippen LogP contribution >= 0.6 is 0 Å². The van der Waals surface area contributed by atoms with Gasteiger partial charge < -0.3 is 24.1 Å². The van der Waals surface area contributed by atoms with Crippen LogP contribution in [0.2, 0.25) is 0 Å². The summed E-state index contributed by atoms with van der Waals surface area (Å²) in [7, 11) is 0. The molecule has 0 bridgehead atoms. The first kappa shape index (κ1) is 19.9. The van der Waals surface area contributed by atoms with Crippen LogP contribution in [-0.4, -0.2) is 46.6 Å². The monoisotopic (exact) mass is 436 g/mol. The van der Waals surface area contributed by atoms with E-state index in [1.165, 1.54) is 0 Å². The number of nitrogens with zero attached hydrogens (tertiary/aromatic N) is 2. The molecule has 1 unspecified atom stereocenters. The largest absolute Gasteiger partial charge is 0.486 e. The second-order valence-electron chi connectivity index (χ2n) is 7.47. The first-order valence-corrected chi connectivity index (χ1v) is 10.2. The minimum absolute atomic E-state index is 0.180. The van der Waals surface area contributed by atoms with Crippen molar-refractivity contribution in [3.8, 4) is 34.4 Å². The second-order valence-corrected chi connectivity index (χ2v) is 7.47. The van der Waals surface area contributed by atoms with Crippen LogP contribution in [-0.2, 0) is 17.8 Å². The van der Waals surface area contributed by atoms with Crippen LogP contribution in [0, 0.1) is 0 Å². The maximum absolute atomic E-state index is 12.6. The molecule has 0 amide bonds. The summed E-state index contributed by atoms with van der Waals surface area (Å²) in [5.74, 6) is 0.992. The van der Waals surface area contributed by atoms with E-state index < -0.39 is 12.6 Å². The lowest BCUT2D eigenvalue weighted by Crippen LogP contribution is -2.35. The van der Waals surface area contributed by atoms with Gasteiger partial charge in [0.1, 0.15) is 19.0 Å². The van der Waals surface area contributed by atoms with Gasteiger partial charge in [0.2, 0.25) is 5.88 Å². The van der Waals surface area contributed by atoms with Gasteiger partial charge in [-0.3, -0.25) is 4.57 Å². The first-order valence-electron chi connectivity index (χ1n) is 10.2. The minimum atomic E-state index is -1.04. The van der Waals surface area contributed by atoms with Crippen LogP contribution < -0.4 is 24.6 Å². The van der Waals surface area contributed by atoms with E-state index in [9.17, 15) is 9.59 Å². The molecular formula is C23H20N2O7. The summed E-state index contributed by atoms with van der Waals surface area (Å²) in [6.07, 6.45) is 0.285. The number of aryl methyl sites for hydroxylation is 1. The number of aliphatic carboxylic acids is 1. The van der Waals surface area contributed by atoms with Crippen molar-refractivity contribution in [3.05, 3.63) is 64.6 Å². The van der Waals surface area contributed by atoms with Crippen LogP contribution in [0.15, 0.2) is 53.3 Å². The fraction of sp³-hybridized carbons (Fsp3) is 0.261. The Balaban J connectivity index is 1.34. The number of hydrogen-bond acceptors (Lipinski definition) is 7. The molecule has 0 aliphatic carbocycles. The zero-order valence-corrected chi connectivity index (χ0v) is 17.0. The number of ether oxygens (including phenoxy) is 4. The average Bonchev–Trinajstić information content (AvgIpc) is 2.81. The summed E-state index contributed by atoms with van der Waals surface area (Å²) in [4.78, 5) is 27.4.